The van der Waals surface area contributed by atoms with Crippen LogP contribution in [0.5, 0.6) is 0 Å². The van der Waals surface area contributed by atoms with Crippen LogP contribution in [0.15, 0.2) is 0 Å². The van der Waals surface area contributed by atoms with Gasteiger partial charge < -0.3 is 14.7 Å². The van der Waals surface area contributed by atoms with Crippen molar-refractivity contribution in [2.24, 2.45) is 5.92 Å². The third-order valence-corrected chi connectivity index (χ3v) is 4.47. The van der Waals surface area contributed by atoms with Gasteiger partial charge in [0, 0.05) is 25.7 Å². The zero-order valence-electron chi connectivity index (χ0n) is 13.0. The minimum absolute atomic E-state index is 0.0581. The summed E-state index contributed by atoms with van der Waals surface area (Å²) in [5.41, 5.74) is 0. The van der Waals surface area contributed by atoms with Crippen LogP contribution in [0.25, 0.3) is 0 Å². The van der Waals surface area contributed by atoms with Crippen LogP contribution in [0.1, 0.15) is 33.1 Å². The minimum Gasteiger partial charge on any atom is -0.480 e. The van der Waals surface area contributed by atoms with E-state index < -0.39 is 5.97 Å². The molecule has 1 aliphatic heterocycles. The Labute approximate surface area is 126 Å². The average molecular weight is 298 g/mol. The van der Waals surface area contributed by atoms with Gasteiger partial charge in [0.25, 0.3) is 0 Å². The number of piperidine rings is 1. The molecule has 0 bridgehead atoms. The predicted molar refractivity (Wildman–Crippen MR) is 78.0 cm³/mol. The Morgan fingerprint density at radius 3 is 2.48 bits per heavy atom. The van der Waals surface area contributed by atoms with E-state index in [0.717, 1.165) is 38.9 Å². The third-order valence-electron chi connectivity index (χ3n) is 4.47. The van der Waals surface area contributed by atoms with E-state index >= 15 is 0 Å². The lowest BCUT2D eigenvalue weighted by Gasteiger charge is -2.37. The van der Waals surface area contributed by atoms with E-state index in [1.54, 1.807) is 0 Å². The fourth-order valence-corrected chi connectivity index (χ4v) is 3.19. The third kappa shape index (κ3) is 4.17. The second kappa shape index (κ2) is 7.22. The van der Waals surface area contributed by atoms with Gasteiger partial charge in [-0.1, -0.05) is 6.92 Å². The molecule has 0 aromatic carbocycles. The van der Waals surface area contributed by atoms with E-state index in [1.807, 2.05) is 23.6 Å². The van der Waals surface area contributed by atoms with Gasteiger partial charge in [0.15, 0.2) is 0 Å². The van der Waals surface area contributed by atoms with Crippen molar-refractivity contribution in [3.63, 3.8) is 0 Å². The summed E-state index contributed by atoms with van der Waals surface area (Å²) in [7, 11) is 0. The predicted octanol–water partition coefficient (Wildman–Crippen LogP) is 0.809. The zero-order chi connectivity index (χ0) is 15.4. The number of carbonyl (C=O) groups is 2. The summed E-state index contributed by atoms with van der Waals surface area (Å²) in [5, 5.41) is 8.93. The van der Waals surface area contributed by atoms with Crippen molar-refractivity contribution >= 4 is 11.9 Å². The maximum absolute atomic E-state index is 12.3. The number of carboxylic acids is 1. The Balaban J connectivity index is 1.77. The Morgan fingerprint density at radius 2 is 1.95 bits per heavy atom. The van der Waals surface area contributed by atoms with Gasteiger partial charge in [-0.05, 0) is 32.7 Å². The first kappa shape index (κ1) is 16.2. The molecule has 0 radical (unpaired) electrons. The van der Waals surface area contributed by atoms with E-state index in [2.05, 4.69) is 0 Å². The molecule has 0 aromatic rings. The number of hydrogen-bond acceptors (Lipinski definition) is 4. The van der Waals surface area contributed by atoms with Crippen LogP contribution >= 0.6 is 0 Å². The number of rotatable bonds is 7. The van der Waals surface area contributed by atoms with E-state index in [-0.39, 0.29) is 30.5 Å². The highest BCUT2D eigenvalue weighted by Crippen LogP contribution is 2.36. The highest BCUT2D eigenvalue weighted by Gasteiger charge is 2.46. The van der Waals surface area contributed by atoms with Gasteiger partial charge in [0.2, 0.25) is 5.91 Å². The molecule has 120 valence electrons. The maximum atomic E-state index is 12.3. The Bertz CT molecular complexity index is 380. The van der Waals surface area contributed by atoms with Crippen LogP contribution in [0, 0.1) is 5.92 Å². The summed E-state index contributed by atoms with van der Waals surface area (Å²) in [5.74, 6) is -0.510. The molecule has 1 saturated carbocycles. The topological polar surface area (TPSA) is 70.1 Å². The summed E-state index contributed by atoms with van der Waals surface area (Å²) >= 11 is 0. The standard InChI is InChI=1S/C15H26N2O4/c1-3-16(10-14(18)19)11-5-7-17(8-6-11)15(20)12-9-13(12)21-4-2/h11-13H,3-10H2,1-2H3,(H,18,19). The fourth-order valence-electron chi connectivity index (χ4n) is 3.19. The second-order valence-corrected chi connectivity index (χ2v) is 5.85. The van der Waals surface area contributed by atoms with E-state index in [0.29, 0.717) is 6.61 Å². The highest BCUT2D eigenvalue weighted by molar-refractivity contribution is 5.82. The van der Waals surface area contributed by atoms with Gasteiger partial charge in [-0.25, -0.2) is 0 Å². The molecular formula is C15H26N2O4. The van der Waals surface area contributed by atoms with Gasteiger partial charge in [-0.2, -0.15) is 0 Å². The molecular weight excluding hydrogens is 272 g/mol. The van der Waals surface area contributed by atoms with Gasteiger partial charge >= 0.3 is 5.97 Å². The average Bonchev–Trinajstić information content (AvgIpc) is 3.24. The molecule has 1 aliphatic carbocycles. The summed E-state index contributed by atoms with van der Waals surface area (Å²) in [4.78, 5) is 27.1. The van der Waals surface area contributed by atoms with Crippen molar-refractivity contribution in [2.45, 2.75) is 45.3 Å². The molecule has 2 aliphatic rings. The van der Waals surface area contributed by atoms with E-state index in [4.69, 9.17) is 9.84 Å². The number of carbonyl (C=O) groups excluding carboxylic acids is 1. The van der Waals surface area contributed by atoms with Crippen molar-refractivity contribution in [1.82, 2.24) is 9.80 Å². The molecule has 1 N–H and O–H groups in total. The number of likely N-dealkylation sites (N-methyl/N-ethyl adjacent to an activating group) is 1. The molecule has 2 atom stereocenters. The van der Waals surface area contributed by atoms with Crippen molar-refractivity contribution in [3.05, 3.63) is 0 Å². The van der Waals surface area contributed by atoms with Crippen molar-refractivity contribution in [2.75, 3.05) is 32.8 Å². The molecule has 2 rings (SSSR count). The Morgan fingerprint density at radius 1 is 1.29 bits per heavy atom. The monoisotopic (exact) mass is 298 g/mol. The number of hydrogen-bond donors (Lipinski definition) is 1. The lowest BCUT2D eigenvalue weighted by atomic mass is 10.0. The number of amides is 1. The molecule has 1 heterocycles. The van der Waals surface area contributed by atoms with Crippen LogP contribution in [0.3, 0.4) is 0 Å². The minimum atomic E-state index is -0.784. The Kier molecular flexibility index (Phi) is 5.58. The van der Waals surface area contributed by atoms with Crippen molar-refractivity contribution < 1.29 is 19.4 Å². The van der Waals surface area contributed by atoms with Crippen molar-refractivity contribution in [1.29, 1.82) is 0 Å². The lowest BCUT2D eigenvalue weighted by Crippen LogP contribution is -2.48. The van der Waals surface area contributed by atoms with Gasteiger partial charge in [0.1, 0.15) is 0 Å². The highest BCUT2D eigenvalue weighted by atomic mass is 16.5. The molecule has 6 heteroatoms. The van der Waals surface area contributed by atoms with Crippen LogP contribution < -0.4 is 0 Å². The first-order valence-electron chi connectivity index (χ1n) is 7.93. The van der Waals surface area contributed by atoms with Crippen LogP contribution in [0.2, 0.25) is 0 Å². The number of carboxylic acid groups (broad SMARTS) is 1. The molecule has 1 amide bonds. The smallest absolute Gasteiger partial charge is 0.317 e. The quantitative estimate of drug-likeness (QED) is 0.753. The summed E-state index contributed by atoms with van der Waals surface area (Å²) in [6.45, 7) is 6.88. The summed E-state index contributed by atoms with van der Waals surface area (Å²) in [6.07, 6.45) is 2.70. The molecule has 2 fully saturated rings. The molecule has 2 unspecified atom stereocenters. The molecule has 6 nitrogen and oxygen atoms in total. The lowest BCUT2D eigenvalue weighted by molar-refractivity contribution is -0.140. The second-order valence-electron chi connectivity index (χ2n) is 5.85. The van der Waals surface area contributed by atoms with Crippen LogP contribution in [-0.4, -0.2) is 71.7 Å². The number of ether oxygens (including phenoxy) is 1. The van der Waals surface area contributed by atoms with Crippen molar-refractivity contribution in [3.8, 4) is 0 Å². The molecule has 1 saturated heterocycles. The van der Waals surface area contributed by atoms with Gasteiger partial charge in [0.05, 0.1) is 18.6 Å². The SMILES string of the molecule is CCOC1CC1C(=O)N1CCC(N(CC)CC(=O)O)CC1. The first-order chi connectivity index (χ1) is 10.1. The summed E-state index contributed by atoms with van der Waals surface area (Å²) < 4.78 is 5.48. The molecule has 21 heavy (non-hydrogen) atoms. The number of aliphatic carboxylic acids is 1. The fraction of sp³-hybridized carbons (Fsp3) is 0.867. The Hall–Kier alpha value is -1.14. The van der Waals surface area contributed by atoms with Gasteiger partial charge in [-0.3, -0.25) is 14.5 Å². The zero-order valence-corrected chi connectivity index (χ0v) is 13.0. The van der Waals surface area contributed by atoms with E-state index in [9.17, 15) is 9.59 Å². The maximum Gasteiger partial charge on any atom is 0.317 e. The largest absolute Gasteiger partial charge is 0.480 e. The number of likely N-dealkylation sites (tertiary alicyclic amines) is 1. The van der Waals surface area contributed by atoms with E-state index in [1.165, 1.54) is 0 Å². The van der Waals surface area contributed by atoms with Gasteiger partial charge in [-0.15, -0.1) is 0 Å². The molecule has 0 spiro atoms. The van der Waals surface area contributed by atoms with Crippen LogP contribution in [-0.2, 0) is 14.3 Å². The first-order valence-corrected chi connectivity index (χ1v) is 7.93. The molecule has 0 aromatic heterocycles. The normalized spacial score (nSPS) is 26.1. The summed E-state index contributed by atoms with van der Waals surface area (Å²) in [6, 6.07) is 0.275. The van der Waals surface area contributed by atoms with Crippen LogP contribution in [0.4, 0.5) is 0 Å². The number of nitrogens with zero attached hydrogens (tertiary/aromatic N) is 2.